The lowest BCUT2D eigenvalue weighted by Crippen LogP contribution is -2.25. The summed E-state index contributed by atoms with van der Waals surface area (Å²) >= 11 is 0. The van der Waals surface area contributed by atoms with Gasteiger partial charge >= 0.3 is 0 Å². The summed E-state index contributed by atoms with van der Waals surface area (Å²) in [5.41, 5.74) is 5.16. The topological polar surface area (TPSA) is 80.2 Å². The molecular formula is C20H24N2O4. The van der Waals surface area contributed by atoms with E-state index in [0.717, 1.165) is 11.1 Å². The van der Waals surface area contributed by atoms with Gasteiger partial charge in [-0.3, -0.25) is 4.79 Å². The second-order valence-corrected chi connectivity index (χ2v) is 6.21. The lowest BCUT2D eigenvalue weighted by Gasteiger charge is -2.14. The minimum Gasteiger partial charge on any atom is -0.504 e. The third-order valence-corrected chi connectivity index (χ3v) is 3.76. The molecule has 0 aliphatic rings. The van der Waals surface area contributed by atoms with Gasteiger partial charge in [0.15, 0.2) is 18.1 Å². The van der Waals surface area contributed by atoms with Gasteiger partial charge in [0, 0.05) is 0 Å². The number of carbonyl (C=O) groups is 1. The number of benzene rings is 2. The van der Waals surface area contributed by atoms with Crippen LogP contribution in [0, 0.1) is 6.92 Å². The number of amides is 1. The summed E-state index contributed by atoms with van der Waals surface area (Å²) in [6, 6.07) is 10.8. The zero-order valence-corrected chi connectivity index (χ0v) is 15.4. The van der Waals surface area contributed by atoms with Gasteiger partial charge in [0.1, 0.15) is 5.75 Å². The maximum absolute atomic E-state index is 11.9. The van der Waals surface area contributed by atoms with E-state index in [-0.39, 0.29) is 18.3 Å². The van der Waals surface area contributed by atoms with E-state index >= 15 is 0 Å². The molecule has 6 heteroatoms. The van der Waals surface area contributed by atoms with Crippen molar-refractivity contribution < 1.29 is 19.4 Å². The van der Waals surface area contributed by atoms with Crippen LogP contribution >= 0.6 is 0 Å². The zero-order valence-electron chi connectivity index (χ0n) is 15.4. The number of phenolic OH excluding ortho intramolecular Hbond substituents is 1. The van der Waals surface area contributed by atoms with Crippen molar-refractivity contribution in [3.63, 3.8) is 0 Å². The number of aryl methyl sites for hydroxylation is 1. The molecule has 6 nitrogen and oxygen atoms in total. The van der Waals surface area contributed by atoms with Crippen LogP contribution in [0.4, 0.5) is 0 Å². The standard InChI is InChI=1S/C20H24N2O4/c1-13(2)16-7-5-14(3)9-19(16)26-12-20(24)22-21-11-15-6-8-18(25-4)17(23)10-15/h5-11,13,23H,12H2,1-4H3,(H,22,24)/b21-11+. The predicted octanol–water partition coefficient (Wildman–Crippen LogP) is 3.36. The first-order chi connectivity index (χ1) is 12.4. The summed E-state index contributed by atoms with van der Waals surface area (Å²) < 4.78 is 10.6. The number of phenols is 1. The molecule has 0 fully saturated rings. The fourth-order valence-corrected chi connectivity index (χ4v) is 2.39. The minimum absolute atomic E-state index is 0.00627. The van der Waals surface area contributed by atoms with E-state index in [0.29, 0.717) is 23.0 Å². The molecule has 0 aliphatic heterocycles. The van der Waals surface area contributed by atoms with Crippen LogP contribution in [0.3, 0.4) is 0 Å². The van der Waals surface area contributed by atoms with Gasteiger partial charge < -0.3 is 14.6 Å². The molecule has 0 radical (unpaired) electrons. The van der Waals surface area contributed by atoms with Crippen LogP contribution in [0.2, 0.25) is 0 Å². The van der Waals surface area contributed by atoms with Crippen LogP contribution in [-0.2, 0) is 4.79 Å². The number of carbonyl (C=O) groups excluding carboxylic acids is 1. The van der Waals surface area contributed by atoms with E-state index in [4.69, 9.17) is 9.47 Å². The Morgan fingerprint density at radius 2 is 2.00 bits per heavy atom. The molecule has 0 atom stereocenters. The fraction of sp³-hybridized carbons (Fsp3) is 0.300. The molecule has 0 aliphatic carbocycles. The average Bonchev–Trinajstić information content (AvgIpc) is 2.60. The van der Waals surface area contributed by atoms with E-state index in [1.165, 1.54) is 19.4 Å². The normalized spacial score (nSPS) is 11.0. The number of methoxy groups -OCH3 is 1. The van der Waals surface area contributed by atoms with E-state index in [2.05, 4.69) is 24.4 Å². The van der Waals surface area contributed by atoms with Crippen LogP contribution in [0.1, 0.15) is 36.5 Å². The fourth-order valence-electron chi connectivity index (χ4n) is 2.39. The Morgan fingerprint density at radius 3 is 2.65 bits per heavy atom. The molecule has 0 spiro atoms. The van der Waals surface area contributed by atoms with Gasteiger partial charge in [-0.05, 0) is 53.8 Å². The second kappa shape index (κ2) is 8.89. The molecule has 2 aromatic rings. The van der Waals surface area contributed by atoms with E-state index in [1.54, 1.807) is 12.1 Å². The number of ether oxygens (including phenoxy) is 2. The first kappa shape index (κ1) is 19.3. The Bertz CT molecular complexity index is 800. The van der Waals surface area contributed by atoms with Crippen molar-refractivity contribution in [1.29, 1.82) is 0 Å². The molecule has 2 rings (SSSR count). The van der Waals surface area contributed by atoms with Crippen molar-refractivity contribution in [2.24, 2.45) is 5.10 Å². The number of hydrogen-bond donors (Lipinski definition) is 2. The maximum atomic E-state index is 11.9. The minimum atomic E-state index is -0.366. The molecule has 138 valence electrons. The Labute approximate surface area is 153 Å². The lowest BCUT2D eigenvalue weighted by molar-refractivity contribution is -0.123. The predicted molar refractivity (Wildman–Crippen MR) is 101 cm³/mol. The van der Waals surface area contributed by atoms with Gasteiger partial charge in [-0.2, -0.15) is 5.10 Å². The third kappa shape index (κ3) is 5.24. The highest BCUT2D eigenvalue weighted by Gasteiger charge is 2.10. The molecule has 0 bridgehead atoms. The Morgan fingerprint density at radius 1 is 1.23 bits per heavy atom. The van der Waals surface area contributed by atoms with E-state index in [9.17, 15) is 9.90 Å². The molecule has 0 saturated heterocycles. The number of aromatic hydroxyl groups is 1. The summed E-state index contributed by atoms with van der Waals surface area (Å²) in [6.45, 7) is 6.00. The van der Waals surface area contributed by atoms with Gasteiger partial charge in [-0.1, -0.05) is 26.0 Å². The van der Waals surface area contributed by atoms with Gasteiger partial charge in [0.25, 0.3) is 5.91 Å². The number of nitrogens with zero attached hydrogens (tertiary/aromatic N) is 1. The summed E-state index contributed by atoms with van der Waals surface area (Å²) in [7, 11) is 1.47. The van der Waals surface area contributed by atoms with Crippen molar-refractivity contribution in [2.45, 2.75) is 26.7 Å². The summed E-state index contributed by atoms with van der Waals surface area (Å²) in [5.74, 6) is 1.02. The Hall–Kier alpha value is -3.02. The molecule has 1 amide bonds. The SMILES string of the molecule is COc1ccc(/C=N/NC(=O)COc2cc(C)ccc2C(C)C)cc1O. The number of nitrogens with one attached hydrogen (secondary N) is 1. The lowest BCUT2D eigenvalue weighted by atomic mass is 10.0. The molecule has 0 saturated carbocycles. The first-order valence-electron chi connectivity index (χ1n) is 8.33. The van der Waals surface area contributed by atoms with Crippen LogP contribution in [0.15, 0.2) is 41.5 Å². The third-order valence-electron chi connectivity index (χ3n) is 3.76. The Kier molecular flexibility index (Phi) is 6.60. The number of hydrazone groups is 1. The van der Waals surface area contributed by atoms with Gasteiger partial charge in [-0.25, -0.2) is 5.43 Å². The molecule has 2 aromatic carbocycles. The summed E-state index contributed by atoms with van der Waals surface area (Å²) in [4.78, 5) is 11.9. The van der Waals surface area contributed by atoms with Gasteiger partial charge in [-0.15, -0.1) is 0 Å². The van der Waals surface area contributed by atoms with E-state index in [1.807, 2.05) is 25.1 Å². The van der Waals surface area contributed by atoms with Crippen molar-refractivity contribution >= 4 is 12.1 Å². The molecule has 0 heterocycles. The highest BCUT2D eigenvalue weighted by Crippen LogP contribution is 2.27. The Balaban J connectivity index is 1.91. The van der Waals surface area contributed by atoms with Gasteiger partial charge in [0.05, 0.1) is 13.3 Å². The molecule has 0 unspecified atom stereocenters. The quantitative estimate of drug-likeness (QED) is 0.589. The smallest absolute Gasteiger partial charge is 0.277 e. The molecule has 2 N–H and O–H groups in total. The zero-order chi connectivity index (χ0) is 19.1. The molecule has 26 heavy (non-hydrogen) atoms. The second-order valence-electron chi connectivity index (χ2n) is 6.21. The summed E-state index contributed by atoms with van der Waals surface area (Å²) in [6.07, 6.45) is 1.43. The molecular weight excluding hydrogens is 332 g/mol. The van der Waals surface area contributed by atoms with Crippen molar-refractivity contribution in [3.8, 4) is 17.2 Å². The van der Waals surface area contributed by atoms with Crippen LogP contribution < -0.4 is 14.9 Å². The molecule has 0 aromatic heterocycles. The highest BCUT2D eigenvalue weighted by molar-refractivity contribution is 5.83. The van der Waals surface area contributed by atoms with Crippen LogP contribution in [0.5, 0.6) is 17.2 Å². The van der Waals surface area contributed by atoms with Crippen molar-refractivity contribution in [2.75, 3.05) is 13.7 Å². The van der Waals surface area contributed by atoms with E-state index < -0.39 is 0 Å². The first-order valence-corrected chi connectivity index (χ1v) is 8.33. The maximum Gasteiger partial charge on any atom is 0.277 e. The summed E-state index contributed by atoms with van der Waals surface area (Å²) in [5, 5.41) is 13.6. The van der Waals surface area contributed by atoms with Crippen LogP contribution in [-0.4, -0.2) is 30.9 Å². The largest absolute Gasteiger partial charge is 0.504 e. The average molecular weight is 356 g/mol. The highest BCUT2D eigenvalue weighted by atomic mass is 16.5. The van der Waals surface area contributed by atoms with Crippen molar-refractivity contribution in [1.82, 2.24) is 5.43 Å². The number of rotatable bonds is 7. The monoisotopic (exact) mass is 356 g/mol. The van der Waals surface area contributed by atoms with Gasteiger partial charge in [0.2, 0.25) is 0 Å². The number of hydrogen-bond acceptors (Lipinski definition) is 5. The van der Waals surface area contributed by atoms with Crippen LogP contribution in [0.25, 0.3) is 0 Å². The van der Waals surface area contributed by atoms with Crippen molar-refractivity contribution in [3.05, 3.63) is 53.1 Å².